The Morgan fingerprint density at radius 1 is 1.22 bits per heavy atom. The number of cyclic esters (lactones) is 1. The van der Waals surface area contributed by atoms with E-state index in [9.17, 15) is 18.0 Å². The van der Waals surface area contributed by atoms with Crippen LogP contribution in [0, 0.1) is 0 Å². The number of benzene rings is 1. The lowest BCUT2D eigenvalue weighted by molar-refractivity contribution is -0.158. The average Bonchev–Trinajstić information content (AvgIpc) is 2.65. The van der Waals surface area contributed by atoms with Crippen LogP contribution in [0.1, 0.15) is 25.8 Å². The van der Waals surface area contributed by atoms with Gasteiger partial charge in [-0.1, -0.05) is 6.92 Å². The van der Waals surface area contributed by atoms with Crippen LogP contribution >= 0.6 is 0 Å². The normalized spacial score (nSPS) is 27.3. The van der Waals surface area contributed by atoms with Gasteiger partial charge in [0.05, 0.1) is 18.8 Å². The van der Waals surface area contributed by atoms with Crippen molar-refractivity contribution in [3.05, 3.63) is 29.8 Å². The molecule has 1 fully saturated rings. The molecule has 9 heteroatoms. The topological polar surface area (TPSA) is 80.0 Å². The van der Waals surface area contributed by atoms with Crippen molar-refractivity contribution in [2.75, 3.05) is 19.8 Å². The molecular weight excluding hydrogens is 367 g/mol. The summed E-state index contributed by atoms with van der Waals surface area (Å²) in [4.78, 5) is 12.0. The van der Waals surface area contributed by atoms with E-state index < -0.39 is 42.1 Å². The molecule has 4 atom stereocenters. The molecule has 27 heavy (non-hydrogen) atoms. The fraction of sp³-hybridized carbons (Fsp3) is 0.611. The Morgan fingerprint density at radius 3 is 2.48 bits per heavy atom. The van der Waals surface area contributed by atoms with Crippen molar-refractivity contribution in [3.8, 4) is 5.75 Å². The van der Waals surface area contributed by atoms with Crippen molar-refractivity contribution in [1.82, 2.24) is 0 Å². The Kier molecular flexibility index (Phi) is 7.46. The molecule has 0 saturated carbocycles. The lowest BCUT2D eigenvalue weighted by Crippen LogP contribution is -2.46. The monoisotopic (exact) mass is 391 g/mol. The van der Waals surface area contributed by atoms with Crippen molar-refractivity contribution < 1.29 is 36.9 Å². The summed E-state index contributed by atoms with van der Waals surface area (Å²) in [6, 6.07) is 3.36. The van der Waals surface area contributed by atoms with Gasteiger partial charge in [0.1, 0.15) is 24.0 Å². The smallest absolute Gasteiger partial charge is 0.416 e. The maximum Gasteiger partial charge on any atom is 0.416 e. The highest BCUT2D eigenvalue weighted by Crippen LogP contribution is 2.31. The third-order valence-electron chi connectivity index (χ3n) is 4.00. The molecule has 1 aliphatic rings. The summed E-state index contributed by atoms with van der Waals surface area (Å²) in [5, 5.41) is 0. The first-order valence-corrected chi connectivity index (χ1v) is 8.71. The Morgan fingerprint density at radius 2 is 1.89 bits per heavy atom. The fourth-order valence-corrected chi connectivity index (χ4v) is 2.58. The molecule has 0 radical (unpaired) electrons. The van der Waals surface area contributed by atoms with Crippen LogP contribution in [0.4, 0.5) is 13.2 Å². The van der Waals surface area contributed by atoms with Crippen LogP contribution in [-0.4, -0.2) is 50.1 Å². The van der Waals surface area contributed by atoms with Gasteiger partial charge in [0.15, 0.2) is 6.10 Å². The van der Waals surface area contributed by atoms with Crippen molar-refractivity contribution >= 4 is 5.97 Å². The zero-order valence-corrected chi connectivity index (χ0v) is 15.2. The van der Waals surface area contributed by atoms with E-state index in [1.807, 2.05) is 6.92 Å². The molecule has 1 aromatic rings. The van der Waals surface area contributed by atoms with Gasteiger partial charge in [0.2, 0.25) is 0 Å². The zero-order chi connectivity index (χ0) is 20.0. The van der Waals surface area contributed by atoms with Crippen LogP contribution in [0.15, 0.2) is 24.3 Å². The van der Waals surface area contributed by atoms with E-state index in [0.717, 1.165) is 18.6 Å². The summed E-state index contributed by atoms with van der Waals surface area (Å²) >= 11 is 0. The summed E-state index contributed by atoms with van der Waals surface area (Å²) in [6.07, 6.45) is -5.79. The van der Waals surface area contributed by atoms with Crippen molar-refractivity contribution in [2.24, 2.45) is 5.73 Å². The summed E-state index contributed by atoms with van der Waals surface area (Å²) in [5.74, 6) is -0.441. The number of carbonyl (C=O) groups is 1. The van der Waals surface area contributed by atoms with Crippen LogP contribution in [-0.2, 0) is 25.2 Å². The number of hydrogen-bond acceptors (Lipinski definition) is 6. The summed E-state index contributed by atoms with van der Waals surface area (Å²) in [5.41, 5.74) is 4.91. The van der Waals surface area contributed by atoms with Crippen molar-refractivity contribution in [1.29, 1.82) is 0 Å². The van der Waals surface area contributed by atoms with Crippen LogP contribution < -0.4 is 10.5 Å². The summed E-state index contributed by atoms with van der Waals surface area (Å²) in [6.45, 7) is 4.06. The van der Waals surface area contributed by atoms with Gasteiger partial charge in [0, 0.05) is 6.61 Å². The molecule has 0 unspecified atom stereocenters. The Hall–Kier alpha value is -1.84. The predicted octanol–water partition coefficient (Wildman–Crippen LogP) is 2.54. The van der Waals surface area contributed by atoms with E-state index in [4.69, 9.17) is 24.7 Å². The summed E-state index contributed by atoms with van der Waals surface area (Å²) < 4.78 is 60.5. The third kappa shape index (κ3) is 6.08. The summed E-state index contributed by atoms with van der Waals surface area (Å²) in [7, 11) is 0. The third-order valence-corrected chi connectivity index (χ3v) is 4.00. The minimum Gasteiger partial charge on any atom is -0.484 e. The number of alkyl halides is 3. The van der Waals surface area contributed by atoms with Gasteiger partial charge in [-0.3, -0.25) is 4.79 Å². The molecule has 2 N–H and O–H groups in total. The molecule has 0 amide bonds. The molecule has 152 valence electrons. The second kappa shape index (κ2) is 9.38. The quantitative estimate of drug-likeness (QED) is 0.777. The highest BCUT2D eigenvalue weighted by atomic mass is 19.4. The minimum absolute atomic E-state index is 0.0233. The second-order valence-electron chi connectivity index (χ2n) is 6.30. The molecule has 0 spiro atoms. The molecular formula is C18H24F3NO5. The predicted molar refractivity (Wildman–Crippen MR) is 90.2 cm³/mol. The SMILES string of the molecule is CCCO[C@H]1COC[C@H](N)C(=O)O[C@@H](C)[C@@H]1Oc1ccc(C(F)(F)F)cc1. The standard InChI is InChI=1S/C18H24F3NO5/c1-3-8-25-15-10-24-9-14(22)17(23)26-11(2)16(15)27-13-6-4-12(5-7-13)18(19,20)21/h4-7,11,14-16H,3,8-10,22H2,1-2H3/t11-,14-,15-,16-/m0/s1. The molecule has 0 aromatic heterocycles. The first-order chi connectivity index (χ1) is 12.7. The molecule has 1 heterocycles. The van der Waals surface area contributed by atoms with Crippen LogP contribution in [0.25, 0.3) is 0 Å². The Balaban J connectivity index is 2.21. The van der Waals surface area contributed by atoms with E-state index in [1.54, 1.807) is 6.92 Å². The number of esters is 1. The first kappa shape index (κ1) is 21.5. The van der Waals surface area contributed by atoms with Gasteiger partial charge >= 0.3 is 12.1 Å². The number of halogens is 3. The molecule has 6 nitrogen and oxygen atoms in total. The molecule has 0 bridgehead atoms. The number of rotatable bonds is 5. The Bertz CT molecular complexity index is 608. The van der Waals surface area contributed by atoms with Crippen molar-refractivity contribution in [3.63, 3.8) is 0 Å². The van der Waals surface area contributed by atoms with E-state index in [-0.39, 0.29) is 19.0 Å². The van der Waals surface area contributed by atoms with E-state index >= 15 is 0 Å². The highest BCUT2D eigenvalue weighted by molar-refractivity contribution is 5.75. The maximum absolute atomic E-state index is 12.7. The highest BCUT2D eigenvalue weighted by Gasteiger charge is 2.36. The molecule has 2 rings (SSSR count). The van der Waals surface area contributed by atoms with E-state index in [2.05, 4.69) is 0 Å². The van der Waals surface area contributed by atoms with Crippen LogP contribution in [0.5, 0.6) is 5.75 Å². The second-order valence-corrected chi connectivity index (χ2v) is 6.30. The van der Waals surface area contributed by atoms with Gasteiger partial charge in [-0.2, -0.15) is 13.2 Å². The van der Waals surface area contributed by atoms with Gasteiger partial charge in [-0.15, -0.1) is 0 Å². The first-order valence-electron chi connectivity index (χ1n) is 8.71. The largest absolute Gasteiger partial charge is 0.484 e. The van der Waals surface area contributed by atoms with E-state index in [1.165, 1.54) is 12.1 Å². The van der Waals surface area contributed by atoms with E-state index in [0.29, 0.717) is 6.61 Å². The number of nitrogens with two attached hydrogens (primary N) is 1. The molecule has 1 aromatic carbocycles. The zero-order valence-electron chi connectivity index (χ0n) is 15.2. The van der Waals surface area contributed by atoms with Crippen LogP contribution in [0.2, 0.25) is 0 Å². The van der Waals surface area contributed by atoms with Gasteiger partial charge in [-0.05, 0) is 37.6 Å². The Labute approximate surface area is 155 Å². The maximum atomic E-state index is 12.7. The van der Waals surface area contributed by atoms with Gasteiger partial charge in [0.25, 0.3) is 0 Å². The molecule has 1 aliphatic heterocycles. The minimum atomic E-state index is -4.43. The van der Waals surface area contributed by atoms with Gasteiger partial charge < -0.3 is 24.7 Å². The lowest BCUT2D eigenvalue weighted by Gasteiger charge is -2.31. The average molecular weight is 391 g/mol. The lowest BCUT2D eigenvalue weighted by atomic mass is 10.1. The van der Waals surface area contributed by atoms with Gasteiger partial charge in [-0.25, -0.2) is 0 Å². The fourth-order valence-electron chi connectivity index (χ4n) is 2.58. The number of carbonyl (C=O) groups excluding carboxylic acids is 1. The number of ether oxygens (including phenoxy) is 4. The molecule has 0 aliphatic carbocycles. The molecule has 1 saturated heterocycles. The number of hydrogen-bond donors (Lipinski definition) is 1. The van der Waals surface area contributed by atoms with Crippen LogP contribution in [0.3, 0.4) is 0 Å². The van der Waals surface area contributed by atoms with Crippen molar-refractivity contribution in [2.45, 2.75) is 50.8 Å².